The third-order valence-corrected chi connectivity index (χ3v) is 3.26. The largest absolute Gasteiger partial charge is 0.380 e. The number of alkyl halides is 1. The zero-order valence-corrected chi connectivity index (χ0v) is 10.0. The molecule has 1 aliphatic heterocycles. The molecule has 0 radical (unpaired) electrons. The maximum absolute atomic E-state index is 5.92. The SMILES string of the molecule is B[C@H]1C[C@H](C=C)[C@@](C)(CCI)O1. The number of hydrogen-bond donors (Lipinski definition) is 0. The zero-order valence-electron chi connectivity index (χ0n) is 7.85. The van der Waals surface area contributed by atoms with E-state index in [0.29, 0.717) is 11.9 Å². The van der Waals surface area contributed by atoms with Crippen molar-refractivity contribution in [1.82, 2.24) is 0 Å². The first-order valence-electron chi connectivity index (χ1n) is 4.48. The van der Waals surface area contributed by atoms with Gasteiger partial charge in [-0.25, -0.2) is 0 Å². The first-order chi connectivity index (χ1) is 5.62. The van der Waals surface area contributed by atoms with Crippen LogP contribution in [0, 0.1) is 5.92 Å². The van der Waals surface area contributed by atoms with E-state index < -0.39 is 0 Å². The van der Waals surface area contributed by atoms with Gasteiger partial charge < -0.3 is 4.74 Å². The van der Waals surface area contributed by atoms with Crippen molar-refractivity contribution >= 4 is 30.4 Å². The molecular weight excluding hydrogens is 262 g/mol. The fourth-order valence-corrected chi connectivity index (χ4v) is 3.05. The minimum atomic E-state index is 0.0579. The summed E-state index contributed by atoms with van der Waals surface area (Å²) in [4.78, 5) is 0. The van der Waals surface area contributed by atoms with Gasteiger partial charge in [0.25, 0.3) is 0 Å². The van der Waals surface area contributed by atoms with Crippen molar-refractivity contribution < 1.29 is 4.74 Å². The first kappa shape index (κ1) is 10.6. The van der Waals surface area contributed by atoms with Crippen molar-refractivity contribution in [3.8, 4) is 0 Å². The molecule has 3 atom stereocenters. The van der Waals surface area contributed by atoms with Crippen LogP contribution in [0.25, 0.3) is 0 Å². The summed E-state index contributed by atoms with van der Waals surface area (Å²) < 4.78 is 7.07. The van der Waals surface area contributed by atoms with E-state index in [4.69, 9.17) is 4.74 Å². The minimum Gasteiger partial charge on any atom is -0.380 e. The second kappa shape index (κ2) is 4.14. The molecule has 0 aromatic heterocycles. The quantitative estimate of drug-likeness (QED) is 0.331. The number of halogens is 1. The highest BCUT2D eigenvalue weighted by Crippen LogP contribution is 2.38. The smallest absolute Gasteiger partial charge is 0.139 e. The average molecular weight is 278 g/mol. The summed E-state index contributed by atoms with van der Waals surface area (Å²) in [7, 11) is 2.15. The van der Waals surface area contributed by atoms with Crippen LogP contribution in [0.5, 0.6) is 0 Å². The van der Waals surface area contributed by atoms with Crippen LogP contribution < -0.4 is 0 Å². The summed E-state index contributed by atoms with van der Waals surface area (Å²) in [6, 6.07) is 0.404. The van der Waals surface area contributed by atoms with E-state index in [1.807, 2.05) is 0 Å². The van der Waals surface area contributed by atoms with Crippen LogP contribution in [0.1, 0.15) is 19.8 Å². The first-order valence-corrected chi connectivity index (χ1v) is 6.01. The summed E-state index contributed by atoms with van der Waals surface area (Å²) in [5.41, 5.74) is 0.0579. The van der Waals surface area contributed by atoms with Gasteiger partial charge in [0, 0.05) is 16.3 Å². The van der Waals surface area contributed by atoms with Gasteiger partial charge in [-0.3, -0.25) is 0 Å². The fourth-order valence-electron chi connectivity index (χ4n) is 1.98. The Morgan fingerprint density at radius 3 is 3.00 bits per heavy atom. The average Bonchev–Trinajstić information content (AvgIpc) is 2.26. The monoisotopic (exact) mass is 278 g/mol. The Bertz CT molecular complexity index is 174. The van der Waals surface area contributed by atoms with E-state index in [9.17, 15) is 0 Å². The van der Waals surface area contributed by atoms with Crippen LogP contribution in [-0.2, 0) is 4.74 Å². The Labute approximate surface area is 89.5 Å². The van der Waals surface area contributed by atoms with Gasteiger partial charge in [0.2, 0.25) is 0 Å². The molecule has 0 N–H and O–H groups in total. The number of ether oxygens (including phenoxy) is 1. The molecule has 0 aromatic rings. The molecule has 0 aliphatic carbocycles. The molecule has 12 heavy (non-hydrogen) atoms. The van der Waals surface area contributed by atoms with E-state index in [1.54, 1.807) is 0 Å². The Hall–Kier alpha value is 0.495. The van der Waals surface area contributed by atoms with E-state index in [1.165, 1.54) is 0 Å². The molecule has 1 heterocycles. The highest BCUT2D eigenvalue weighted by Gasteiger charge is 2.40. The summed E-state index contributed by atoms with van der Waals surface area (Å²) in [6.45, 7) is 6.08. The van der Waals surface area contributed by atoms with Gasteiger partial charge in [-0.2, -0.15) is 0 Å². The highest BCUT2D eigenvalue weighted by atomic mass is 127. The predicted octanol–water partition coefficient (Wildman–Crippen LogP) is 1.75. The lowest BCUT2D eigenvalue weighted by atomic mass is 9.84. The maximum atomic E-state index is 5.92. The molecule has 0 aromatic carbocycles. The molecule has 3 heteroatoms. The predicted molar refractivity (Wildman–Crippen MR) is 63.6 cm³/mol. The van der Waals surface area contributed by atoms with E-state index in [2.05, 4.69) is 50.0 Å². The molecular formula is C9H16BIO. The van der Waals surface area contributed by atoms with Crippen molar-refractivity contribution in [2.45, 2.75) is 31.4 Å². The second-order valence-corrected chi connectivity index (χ2v) is 4.84. The highest BCUT2D eigenvalue weighted by molar-refractivity contribution is 14.1. The lowest BCUT2D eigenvalue weighted by Crippen LogP contribution is -2.31. The number of rotatable bonds is 3. The minimum absolute atomic E-state index is 0.0579. The Morgan fingerprint density at radius 2 is 2.50 bits per heavy atom. The number of hydrogen-bond acceptors (Lipinski definition) is 1. The van der Waals surface area contributed by atoms with E-state index in [-0.39, 0.29) is 5.60 Å². The molecule has 1 rings (SSSR count). The fraction of sp³-hybridized carbons (Fsp3) is 0.778. The van der Waals surface area contributed by atoms with Gasteiger partial charge in [0.15, 0.2) is 0 Å². The summed E-state index contributed by atoms with van der Waals surface area (Å²) in [6.07, 6.45) is 4.32. The van der Waals surface area contributed by atoms with Crippen molar-refractivity contribution in [3.63, 3.8) is 0 Å². The summed E-state index contributed by atoms with van der Waals surface area (Å²) in [5.74, 6) is 0.544. The standard InChI is InChI=1S/C9H16BIO/c1-3-7-6-8(10)12-9(7,2)4-5-11/h3,7-8H,1,4-6,10H2,2H3/t7-,8+,9+/m0/s1. The molecule has 1 aliphatic rings. The molecule has 1 fully saturated rings. The lowest BCUT2D eigenvalue weighted by molar-refractivity contribution is -0.0118. The Morgan fingerprint density at radius 1 is 1.83 bits per heavy atom. The molecule has 1 nitrogen and oxygen atoms in total. The second-order valence-electron chi connectivity index (χ2n) is 3.76. The van der Waals surface area contributed by atoms with Gasteiger partial charge in [0.05, 0.1) is 5.60 Å². The van der Waals surface area contributed by atoms with Crippen LogP contribution in [0.3, 0.4) is 0 Å². The summed E-state index contributed by atoms with van der Waals surface area (Å²) in [5, 5.41) is 0. The van der Waals surface area contributed by atoms with Crippen molar-refractivity contribution in [1.29, 1.82) is 0 Å². The molecule has 0 saturated carbocycles. The van der Waals surface area contributed by atoms with Gasteiger partial charge in [-0.15, -0.1) is 6.58 Å². The van der Waals surface area contributed by atoms with E-state index in [0.717, 1.165) is 17.3 Å². The molecule has 0 bridgehead atoms. The maximum Gasteiger partial charge on any atom is 0.139 e. The third kappa shape index (κ3) is 2.05. The molecule has 0 spiro atoms. The molecule has 1 saturated heterocycles. The van der Waals surface area contributed by atoms with Gasteiger partial charge in [-0.05, 0) is 19.8 Å². The molecule has 0 amide bonds. The van der Waals surface area contributed by atoms with Crippen molar-refractivity contribution in [2.24, 2.45) is 5.92 Å². The Kier molecular flexibility index (Phi) is 3.65. The van der Waals surface area contributed by atoms with Gasteiger partial charge >= 0.3 is 0 Å². The van der Waals surface area contributed by atoms with Crippen LogP contribution in [-0.4, -0.2) is 23.9 Å². The Balaban J connectivity index is 2.66. The van der Waals surface area contributed by atoms with Crippen LogP contribution in [0.15, 0.2) is 12.7 Å². The van der Waals surface area contributed by atoms with Crippen LogP contribution >= 0.6 is 22.6 Å². The third-order valence-electron chi connectivity index (χ3n) is 2.72. The zero-order chi connectivity index (χ0) is 9.19. The topological polar surface area (TPSA) is 9.23 Å². The molecule has 0 unspecified atom stereocenters. The van der Waals surface area contributed by atoms with Crippen LogP contribution in [0.2, 0.25) is 0 Å². The van der Waals surface area contributed by atoms with Crippen LogP contribution in [0.4, 0.5) is 0 Å². The van der Waals surface area contributed by atoms with Gasteiger partial charge in [-0.1, -0.05) is 28.7 Å². The van der Waals surface area contributed by atoms with Crippen molar-refractivity contribution in [2.75, 3.05) is 4.43 Å². The normalized spacial score (nSPS) is 41.5. The van der Waals surface area contributed by atoms with Crippen molar-refractivity contribution in [3.05, 3.63) is 12.7 Å². The lowest BCUT2D eigenvalue weighted by Gasteiger charge is -2.28. The summed E-state index contributed by atoms with van der Waals surface area (Å²) >= 11 is 2.41. The van der Waals surface area contributed by atoms with Gasteiger partial charge in [0.1, 0.15) is 7.85 Å². The molecule has 68 valence electrons. The van der Waals surface area contributed by atoms with E-state index >= 15 is 0 Å².